The van der Waals surface area contributed by atoms with Crippen LogP contribution in [0.5, 0.6) is 0 Å². The van der Waals surface area contributed by atoms with E-state index in [1.807, 2.05) is 24.3 Å². The lowest BCUT2D eigenvalue weighted by Crippen LogP contribution is -2.41. The largest absolute Gasteiger partial charge is 0.530 e. The van der Waals surface area contributed by atoms with Crippen molar-refractivity contribution in [2.45, 2.75) is 49.5 Å². The number of primary amides is 1. The van der Waals surface area contributed by atoms with Crippen molar-refractivity contribution in [1.82, 2.24) is 14.1 Å². The van der Waals surface area contributed by atoms with E-state index >= 15 is 0 Å². The van der Waals surface area contributed by atoms with Gasteiger partial charge in [-0.3, -0.25) is 4.79 Å². The van der Waals surface area contributed by atoms with E-state index in [0.29, 0.717) is 29.5 Å². The Labute approximate surface area is 261 Å². The van der Waals surface area contributed by atoms with Gasteiger partial charge < -0.3 is 25.4 Å². The smallest absolute Gasteiger partial charge is 0.248 e. The second-order valence-corrected chi connectivity index (χ2v) is 13.7. The van der Waals surface area contributed by atoms with Crippen LogP contribution in [0.1, 0.15) is 59.5 Å². The van der Waals surface area contributed by atoms with Gasteiger partial charge in [-0.2, -0.15) is 0 Å². The van der Waals surface area contributed by atoms with Gasteiger partial charge in [0.05, 0.1) is 4.90 Å². The zero-order valence-corrected chi connectivity index (χ0v) is 26.2. The van der Waals surface area contributed by atoms with Crippen LogP contribution in [0.3, 0.4) is 0 Å². The highest BCUT2D eigenvalue weighted by Gasteiger charge is 2.26. The minimum Gasteiger partial charge on any atom is -0.530 e. The average Bonchev–Trinajstić information content (AvgIpc) is 3.04. The fraction of sp³-hybridized carbons (Fsp3) is 0.412. The van der Waals surface area contributed by atoms with Crippen LogP contribution < -0.4 is 10.8 Å². The first-order chi connectivity index (χ1) is 21.1. The minimum atomic E-state index is -3.58. The predicted octanol–water partition coefficient (Wildman–Crippen LogP) is 3.92. The Morgan fingerprint density at radius 3 is 2.16 bits per heavy atom. The standard InChI is InChI=1S/C34H44N4O5S/c1-36(44(42,43)32-12-6-3-7-13-32)26-31(29-10-4-2-5-11-29)20-24-37-22-18-27(19-23-37)9-8-21-38(34(40)41)25-28-14-16-30(17-15-28)33(35)39/h2-7,10-17,27,31H,8-9,18-26H2,1H3,(H2,35,39)(H,40,41)/p-1/t31-/m1/s1. The summed E-state index contributed by atoms with van der Waals surface area (Å²) in [6, 6.07) is 25.3. The molecule has 10 heteroatoms. The van der Waals surface area contributed by atoms with Gasteiger partial charge in [-0.25, -0.2) is 12.7 Å². The zero-order valence-electron chi connectivity index (χ0n) is 25.4. The summed E-state index contributed by atoms with van der Waals surface area (Å²) in [4.78, 5) is 27.1. The molecule has 0 aromatic heterocycles. The first-order valence-corrected chi connectivity index (χ1v) is 16.7. The first kappa shape index (κ1) is 33.2. The molecule has 1 saturated heterocycles. The molecule has 0 unspecified atom stereocenters. The molecule has 4 rings (SSSR count). The van der Waals surface area contributed by atoms with Crippen molar-refractivity contribution >= 4 is 22.0 Å². The Morgan fingerprint density at radius 1 is 0.955 bits per heavy atom. The Hall–Kier alpha value is -3.73. The van der Waals surface area contributed by atoms with Gasteiger partial charge in [0.25, 0.3) is 0 Å². The highest BCUT2D eigenvalue weighted by Crippen LogP contribution is 2.27. The highest BCUT2D eigenvalue weighted by atomic mass is 32.2. The summed E-state index contributed by atoms with van der Waals surface area (Å²) in [5.41, 5.74) is 7.59. The van der Waals surface area contributed by atoms with Crippen molar-refractivity contribution < 1.29 is 23.1 Å². The molecular formula is C34H43N4O5S-. The summed E-state index contributed by atoms with van der Waals surface area (Å²) in [6.45, 7) is 3.85. The van der Waals surface area contributed by atoms with E-state index in [-0.39, 0.29) is 12.5 Å². The quantitative estimate of drug-likeness (QED) is 0.275. The van der Waals surface area contributed by atoms with Gasteiger partial charge in [0.1, 0.15) is 6.09 Å². The van der Waals surface area contributed by atoms with Gasteiger partial charge in [-0.05, 0) is 99.0 Å². The van der Waals surface area contributed by atoms with E-state index < -0.39 is 22.0 Å². The maximum atomic E-state index is 13.2. The predicted molar refractivity (Wildman–Crippen MR) is 169 cm³/mol. The molecule has 1 heterocycles. The lowest BCUT2D eigenvalue weighted by atomic mass is 9.91. The third-order valence-corrected chi connectivity index (χ3v) is 10.4. The van der Waals surface area contributed by atoms with Crippen molar-refractivity contribution in [2.75, 3.05) is 39.8 Å². The lowest BCUT2D eigenvalue weighted by molar-refractivity contribution is -0.266. The van der Waals surface area contributed by atoms with Crippen molar-refractivity contribution in [3.8, 4) is 0 Å². The van der Waals surface area contributed by atoms with E-state index in [2.05, 4.69) is 17.0 Å². The number of nitrogens with two attached hydrogens (primary N) is 1. The molecule has 236 valence electrons. The highest BCUT2D eigenvalue weighted by molar-refractivity contribution is 7.89. The molecule has 0 spiro atoms. The number of likely N-dealkylation sites (N-methyl/N-ethyl adjacent to an activating group) is 1. The van der Waals surface area contributed by atoms with Crippen molar-refractivity contribution in [1.29, 1.82) is 0 Å². The third kappa shape index (κ3) is 9.38. The monoisotopic (exact) mass is 619 g/mol. The molecule has 9 nitrogen and oxygen atoms in total. The minimum absolute atomic E-state index is 0.0695. The first-order valence-electron chi connectivity index (χ1n) is 15.3. The summed E-state index contributed by atoms with van der Waals surface area (Å²) in [5.74, 6) is 0.0917. The molecule has 0 radical (unpaired) electrons. The molecule has 3 aromatic rings. The maximum absolute atomic E-state index is 13.2. The number of likely N-dealkylation sites (tertiary alicyclic amines) is 1. The SMILES string of the molecule is CN(C[C@@H](CCN1CCC(CCCN(Cc2ccc(C(N)=O)cc2)C(=O)[O-])CC1)c1ccccc1)S(=O)(=O)c1ccccc1. The van der Waals surface area contributed by atoms with Crippen molar-refractivity contribution in [3.05, 3.63) is 102 Å². The molecule has 3 aromatic carbocycles. The summed E-state index contributed by atoms with van der Waals surface area (Å²) in [7, 11) is -1.92. The van der Waals surface area contributed by atoms with E-state index in [1.165, 1.54) is 9.21 Å². The fourth-order valence-corrected chi connectivity index (χ4v) is 7.14. The van der Waals surface area contributed by atoms with Gasteiger partial charge >= 0.3 is 0 Å². The van der Waals surface area contributed by atoms with Gasteiger partial charge in [0.2, 0.25) is 15.9 Å². The molecular weight excluding hydrogens is 576 g/mol. The van der Waals surface area contributed by atoms with Gasteiger partial charge in [0.15, 0.2) is 0 Å². The van der Waals surface area contributed by atoms with Crippen LogP contribution in [0.2, 0.25) is 0 Å². The molecule has 2 N–H and O–H groups in total. The molecule has 2 amide bonds. The van der Waals surface area contributed by atoms with Crippen molar-refractivity contribution in [3.63, 3.8) is 0 Å². The van der Waals surface area contributed by atoms with Crippen LogP contribution in [0.25, 0.3) is 0 Å². The van der Waals surface area contributed by atoms with E-state index in [0.717, 1.165) is 62.9 Å². The maximum Gasteiger partial charge on any atom is 0.248 e. The number of rotatable bonds is 15. The molecule has 1 atom stereocenters. The number of hydrogen-bond acceptors (Lipinski definition) is 6. The van der Waals surface area contributed by atoms with Crippen LogP contribution in [-0.2, 0) is 16.6 Å². The Balaban J connectivity index is 1.24. The van der Waals surface area contributed by atoms with Crippen LogP contribution in [-0.4, -0.2) is 74.3 Å². The summed E-state index contributed by atoms with van der Waals surface area (Å²) in [6.07, 6.45) is 3.47. The number of sulfonamides is 1. The normalized spacial score (nSPS) is 15.2. The molecule has 0 saturated carbocycles. The van der Waals surface area contributed by atoms with Crippen LogP contribution in [0.4, 0.5) is 4.79 Å². The number of carbonyl (C=O) groups is 2. The third-order valence-electron chi connectivity index (χ3n) is 8.61. The zero-order chi connectivity index (χ0) is 31.5. The fourth-order valence-electron chi connectivity index (χ4n) is 5.91. The molecule has 1 aliphatic rings. The van der Waals surface area contributed by atoms with Gasteiger partial charge in [-0.15, -0.1) is 0 Å². The van der Waals surface area contributed by atoms with E-state index in [1.54, 1.807) is 55.6 Å². The van der Waals surface area contributed by atoms with E-state index in [9.17, 15) is 23.1 Å². The second kappa shape index (κ2) is 15.8. The number of amides is 2. The lowest BCUT2D eigenvalue weighted by Gasteiger charge is -2.34. The second-order valence-electron chi connectivity index (χ2n) is 11.7. The number of benzene rings is 3. The van der Waals surface area contributed by atoms with Crippen LogP contribution >= 0.6 is 0 Å². The molecule has 0 aliphatic carbocycles. The summed E-state index contributed by atoms with van der Waals surface area (Å²) in [5, 5.41) is 11.7. The molecule has 0 bridgehead atoms. The van der Waals surface area contributed by atoms with E-state index in [4.69, 9.17) is 5.73 Å². The molecule has 1 aliphatic heterocycles. The van der Waals surface area contributed by atoms with Crippen LogP contribution in [0.15, 0.2) is 89.8 Å². The average molecular weight is 620 g/mol. The number of carbonyl (C=O) groups excluding carboxylic acids is 2. The number of hydrogen-bond donors (Lipinski definition) is 1. The Kier molecular flexibility index (Phi) is 11.9. The Morgan fingerprint density at radius 2 is 1.57 bits per heavy atom. The number of nitrogens with zero attached hydrogens (tertiary/aromatic N) is 3. The van der Waals surface area contributed by atoms with Crippen molar-refractivity contribution in [2.24, 2.45) is 11.7 Å². The Bertz CT molecular complexity index is 1440. The molecule has 44 heavy (non-hydrogen) atoms. The number of carboxylic acid groups (broad SMARTS) is 1. The van der Waals surface area contributed by atoms with Gasteiger partial charge in [-0.1, -0.05) is 60.7 Å². The van der Waals surface area contributed by atoms with Crippen LogP contribution in [0, 0.1) is 5.92 Å². The molecule has 1 fully saturated rings. The summed E-state index contributed by atoms with van der Waals surface area (Å²) >= 11 is 0. The topological polar surface area (TPSA) is 127 Å². The summed E-state index contributed by atoms with van der Waals surface area (Å²) < 4.78 is 27.9. The number of piperidine rings is 1. The van der Waals surface area contributed by atoms with Gasteiger partial charge in [0, 0.05) is 32.2 Å².